The van der Waals surface area contributed by atoms with Crippen molar-refractivity contribution >= 4 is 27.4 Å². The van der Waals surface area contributed by atoms with Gasteiger partial charge in [0.1, 0.15) is 16.5 Å². The Kier molecular flexibility index (Phi) is 3.13. The van der Waals surface area contributed by atoms with Crippen molar-refractivity contribution in [1.82, 2.24) is 9.97 Å². The second-order valence-corrected chi connectivity index (χ2v) is 7.00. The van der Waals surface area contributed by atoms with Crippen LogP contribution in [0.15, 0.2) is 6.07 Å². The van der Waals surface area contributed by atoms with Gasteiger partial charge >= 0.3 is 0 Å². The number of rotatable bonds is 1. The molecule has 2 saturated heterocycles. The first-order valence-electron chi connectivity index (χ1n) is 7.43. The summed E-state index contributed by atoms with van der Waals surface area (Å²) in [6.07, 6.45) is 1.81. The summed E-state index contributed by atoms with van der Waals surface area (Å²) in [7, 11) is 0. The lowest BCUT2D eigenvalue weighted by molar-refractivity contribution is -0.169. The molecule has 0 bridgehead atoms. The number of fused-ring (bicyclic) bond motifs is 1. The molecule has 4 rings (SSSR count). The van der Waals surface area contributed by atoms with Crippen LogP contribution in [0.5, 0.6) is 0 Å². The van der Waals surface area contributed by atoms with E-state index in [-0.39, 0.29) is 5.79 Å². The fraction of sp³-hybridized carbons (Fsp3) is 0.600. The standard InChI is InChI=1S/C15H19N3O2S/c1-10-9-12-13(16-11(2)17-14(12)21-10)18-5-3-15(4-6-18)19-7-8-20-15/h9H,3-8H2,1-2H3. The Hall–Kier alpha value is -1.24. The molecule has 0 aliphatic carbocycles. The Morgan fingerprint density at radius 3 is 2.57 bits per heavy atom. The first-order valence-corrected chi connectivity index (χ1v) is 8.25. The summed E-state index contributed by atoms with van der Waals surface area (Å²) >= 11 is 1.74. The fourth-order valence-corrected chi connectivity index (χ4v) is 4.14. The van der Waals surface area contributed by atoms with Crippen LogP contribution in [0, 0.1) is 13.8 Å². The van der Waals surface area contributed by atoms with Gasteiger partial charge in [-0.2, -0.15) is 0 Å². The lowest BCUT2D eigenvalue weighted by Gasteiger charge is -2.38. The molecule has 0 atom stereocenters. The van der Waals surface area contributed by atoms with Crippen LogP contribution in [-0.2, 0) is 9.47 Å². The Balaban J connectivity index is 1.65. The molecule has 112 valence electrons. The van der Waals surface area contributed by atoms with E-state index in [1.165, 1.54) is 10.3 Å². The van der Waals surface area contributed by atoms with Crippen LogP contribution in [0.25, 0.3) is 10.2 Å². The highest BCUT2D eigenvalue weighted by atomic mass is 32.1. The average molecular weight is 305 g/mol. The Bertz CT molecular complexity index is 669. The molecule has 2 aliphatic heterocycles. The second kappa shape index (κ2) is 4.90. The van der Waals surface area contributed by atoms with Gasteiger partial charge in [0.15, 0.2) is 5.79 Å². The molecule has 6 heteroatoms. The van der Waals surface area contributed by atoms with E-state index in [9.17, 15) is 0 Å². The molecule has 1 spiro atoms. The van der Waals surface area contributed by atoms with Gasteiger partial charge < -0.3 is 14.4 Å². The molecule has 0 radical (unpaired) electrons. The first kappa shape index (κ1) is 13.4. The normalized spacial score (nSPS) is 21.5. The maximum absolute atomic E-state index is 5.80. The van der Waals surface area contributed by atoms with Crippen molar-refractivity contribution in [3.8, 4) is 0 Å². The van der Waals surface area contributed by atoms with Gasteiger partial charge in [0, 0.05) is 30.8 Å². The molecule has 0 unspecified atom stereocenters. The SMILES string of the molecule is Cc1nc(N2CCC3(CC2)OCCO3)c2cc(C)sc2n1. The molecule has 4 heterocycles. The highest BCUT2D eigenvalue weighted by Gasteiger charge is 2.40. The first-order chi connectivity index (χ1) is 10.2. The van der Waals surface area contributed by atoms with Gasteiger partial charge in [-0.15, -0.1) is 11.3 Å². The van der Waals surface area contributed by atoms with Crippen molar-refractivity contribution in [3.05, 3.63) is 16.8 Å². The van der Waals surface area contributed by atoms with E-state index < -0.39 is 0 Å². The Morgan fingerprint density at radius 2 is 1.86 bits per heavy atom. The highest BCUT2D eigenvalue weighted by Crippen LogP contribution is 2.36. The molecule has 0 N–H and O–H groups in total. The molecule has 2 aliphatic rings. The predicted molar refractivity (Wildman–Crippen MR) is 83.0 cm³/mol. The summed E-state index contributed by atoms with van der Waals surface area (Å²) in [6, 6.07) is 2.20. The van der Waals surface area contributed by atoms with Crippen LogP contribution < -0.4 is 4.90 Å². The van der Waals surface area contributed by atoms with E-state index in [4.69, 9.17) is 14.5 Å². The van der Waals surface area contributed by atoms with E-state index in [1.807, 2.05) is 6.92 Å². The lowest BCUT2D eigenvalue weighted by atomic mass is 10.0. The molecule has 2 fully saturated rings. The molecular formula is C15H19N3O2S. The number of aromatic nitrogens is 2. The summed E-state index contributed by atoms with van der Waals surface area (Å²) in [5, 5.41) is 1.17. The van der Waals surface area contributed by atoms with E-state index in [2.05, 4.69) is 22.9 Å². The minimum Gasteiger partial charge on any atom is -0.356 e. The number of aryl methyl sites for hydroxylation is 2. The summed E-state index contributed by atoms with van der Waals surface area (Å²) in [5.74, 6) is 1.57. The average Bonchev–Trinajstić information content (AvgIpc) is 3.05. The second-order valence-electron chi connectivity index (χ2n) is 5.76. The molecular weight excluding hydrogens is 286 g/mol. The van der Waals surface area contributed by atoms with E-state index >= 15 is 0 Å². The highest BCUT2D eigenvalue weighted by molar-refractivity contribution is 7.18. The monoisotopic (exact) mass is 305 g/mol. The molecule has 21 heavy (non-hydrogen) atoms. The number of anilines is 1. The molecule has 5 nitrogen and oxygen atoms in total. The van der Waals surface area contributed by atoms with Crippen molar-refractivity contribution in [2.24, 2.45) is 0 Å². The zero-order chi connectivity index (χ0) is 14.4. The minimum atomic E-state index is -0.331. The fourth-order valence-electron chi connectivity index (χ4n) is 3.22. The number of piperidine rings is 1. The summed E-state index contributed by atoms with van der Waals surface area (Å²) in [5.41, 5.74) is 0. The summed E-state index contributed by atoms with van der Waals surface area (Å²) in [4.78, 5) is 14.0. The summed E-state index contributed by atoms with van der Waals surface area (Å²) < 4.78 is 11.6. The van der Waals surface area contributed by atoms with Crippen LogP contribution >= 0.6 is 11.3 Å². The van der Waals surface area contributed by atoms with Crippen molar-refractivity contribution in [3.63, 3.8) is 0 Å². The maximum atomic E-state index is 5.80. The van der Waals surface area contributed by atoms with E-state index in [0.717, 1.165) is 55.6 Å². The van der Waals surface area contributed by atoms with Gasteiger partial charge in [0.25, 0.3) is 0 Å². The number of ether oxygens (including phenoxy) is 2. The van der Waals surface area contributed by atoms with Crippen LogP contribution in [0.3, 0.4) is 0 Å². The van der Waals surface area contributed by atoms with Crippen LogP contribution in [0.4, 0.5) is 5.82 Å². The van der Waals surface area contributed by atoms with E-state index in [1.54, 1.807) is 11.3 Å². The third kappa shape index (κ3) is 2.31. The smallest absolute Gasteiger partial charge is 0.171 e. The number of hydrogen-bond donors (Lipinski definition) is 0. The third-order valence-electron chi connectivity index (χ3n) is 4.25. The van der Waals surface area contributed by atoms with Crippen molar-refractivity contribution in [1.29, 1.82) is 0 Å². The van der Waals surface area contributed by atoms with Gasteiger partial charge in [0.05, 0.1) is 18.6 Å². The zero-order valence-corrected chi connectivity index (χ0v) is 13.2. The van der Waals surface area contributed by atoms with Crippen molar-refractivity contribution in [2.45, 2.75) is 32.5 Å². The number of nitrogens with zero attached hydrogens (tertiary/aromatic N) is 3. The van der Waals surface area contributed by atoms with Crippen LogP contribution in [0.2, 0.25) is 0 Å². The quantitative estimate of drug-likeness (QED) is 0.810. The Morgan fingerprint density at radius 1 is 1.14 bits per heavy atom. The largest absolute Gasteiger partial charge is 0.356 e. The zero-order valence-electron chi connectivity index (χ0n) is 12.4. The third-order valence-corrected chi connectivity index (χ3v) is 5.19. The van der Waals surface area contributed by atoms with Gasteiger partial charge in [-0.25, -0.2) is 9.97 Å². The van der Waals surface area contributed by atoms with Crippen molar-refractivity contribution in [2.75, 3.05) is 31.2 Å². The van der Waals surface area contributed by atoms with Gasteiger partial charge in [-0.05, 0) is 19.9 Å². The van der Waals surface area contributed by atoms with Crippen LogP contribution in [-0.4, -0.2) is 42.1 Å². The van der Waals surface area contributed by atoms with Gasteiger partial charge in [-0.1, -0.05) is 0 Å². The van der Waals surface area contributed by atoms with Crippen molar-refractivity contribution < 1.29 is 9.47 Å². The Labute approximate surface area is 127 Å². The minimum absolute atomic E-state index is 0.331. The number of hydrogen-bond acceptors (Lipinski definition) is 6. The van der Waals surface area contributed by atoms with Crippen LogP contribution in [0.1, 0.15) is 23.5 Å². The van der Waals surface area contributed by atoms with Gasteiger partial charge in [0.2, 0.25) is 0 Å². The molecule has 2 aromatic heterocycles. The molecule has 0 saturated carbocycles. The molecule has 0 amide bonds. The van der Waals surface area contributed by atoms with E-state index in [0.29, 0.717) is 0 Å². The topological polar surface area (TPSA) is 47.5 Å². The molecule has 2 aromatic rings. The maximum Gasteiger partial charge on any atom is 0.171 e. The predicted octanol–water partition coefficient (Wildman–Crippen LogP) is 2.65. The lowest BCUT2D eigenvalue weighted by Crippen LogP contribution is -2.45. The number of thiophene rings is 1. The molecule has 0 aromatic carbocycles. The summed E-state index contributed by atoms with van der Waals surface area (Å²) in [6.45, 7) is 7.37. The van der Waals surface area contributed by atoms with Gasteiger partial charge in [-0.3, -0.25) is 0 Å².